The maximum atomic E-state index is 13.5. The molecule has 1 aromatic carbocycles. The number of carbonyl (C=O) groups excluding carboxylic acids is 2. The van der Waals surface area contributed by atoms with Crippen molar-refractivity contribution in [3.63, 3.8) is 0 Å². The van der Waals surface area contributed by atoms with Crippen LogP contribution < -0.4 is 11.5 Å². The van der Waals surface area contributed by atoms with Crippen molar-refractivity contribution in [2.75, 3.05) is 6.54 Å². The summed E-state index contributed by atoms with van der Waals surface area (Å²) in [5.41, 5.74) is 12.7. The molecule has 1 saturated heterocycles. The Morgan fingerprint density at radius 3 is 2.80 bits per heavy atom. The second kappa shape index (κ2) is 6.53. The Hall–Kier alpha value is -2.92. The second-order valence-electron chi connectivity index (χ2n) is 6.16. The summed E-state index contributed by atoms with van der Waals surface area (Å²) in [6.45, 7) is -0.117. The number of amides is 2. The van der Waals surface area contributed by atoms with E-state index in [0.29, 0.717) is 11.1 Å². The number of primary amides is 1. The quantitative estimate of drug-likeness (QED) is 0.860. The van der Waals surface area contributed by atoms with Gasteiger partial charge in [-0.05, 0) is 18.1 Å². The van der Waals surface area contributed by atoms with Crippen LogP contribution >= 0.6 is 0 Å². The molecule has 2 heterocycles. The zero-order chi connectivity index (χ0) is 18.1. The van der Waals surface area contributed by atoms with Crippen LogP contribution in [0.5, 0.6) is 0 Å². The van der Waals surface area contributed by atoms with Gasteiger partial charge < -0.3 is 16.4 Å². The standard InChI is InChI=1S/C17H18FN5O2/c18-11-6-12(7-19)22(9-11)16(24)14(20)5-10-8-23(17(21)25)15-4-2-1-3-13(10)15/h1-4,8,11-12,14H,5-6,9,20H2,(H2,21,25). The number of carbonyl (C=O) groups is 2. The van der Waals surface area contributed by atoms with E-state index in [1.54, 1.807) is 18.3 Å². The third kappa shape index (κ3) is 3.06. The van der Waals surface area contributed by atoms with Crippen LogP contribution in [0, 0.1) is 11.3 Å². The molecule has 8 heteroatoms. The average molecular weight is 343 g/mol. The molecule has 3 atom stereocenters. The number of nitrogens with zero attached hydrogens (tertiary/aromatic N) is 3. The average Bonchev–Trinajstić information content (AvgIpc) is 3.15. The van der Waals surface area contributed by atoms with Gasteiger partial charge in [0, 0.05) is 18.0 Å². The SMILES string of the molecule is N#CC1CC(F)CN1C(=O)C(N)Cc1cn(C(N)=O)c2ccccc12. The van der Waals surface area contributed by atoms with Gasteiger partial charge in [-0.1, -0.05) is 18.2 Å². The Balaban J connectivity index is 1.85. The Morgan fingerprint density at radius 2 is 2.12 bits per heavy atom. The van der Waals surface area contributed by atoms with E-state index in [4.69, 9.17) is 16.7 Å². The molecule has 1 aliphatic heterocycles. The number of nitriles is 1. The minimum Gasteiger partial charge on any atom is -0.351 e. The largest absolute Gasteiger partial charge is 0.351 e. The molecule has 0 aliphatic carbocycles. The Kier molecular flexibility index (Phi) is 4.42. The molecule has 1 fully saturated rings. The van der Waals surface area contributed by atoms with E-state index >= 15 is 0 Å². The molecule has 25 heavy (non-hydrogen) atoms. The molecule has 2 aromatic rings. The number of aromatic nitrogens is 1. The molecule has 7 nitrogen and oxygen atoms in total. The highest BCUT2D eigenvalue weighted by Crippen LogP contribution is 2.24. The van der Waals surface area contributed by atoms with Crippen LogP contribution in [-0.2, 0) is 11.2 Å². The first-order chi connectivity index (χ1) is 11.9. The van der Waals surface area contributed by atoms with Gasteiger partial charge in [0.1, 0.15) is 12.2 Å². The van der Waals surface area contributed by atoms with Crippen LogP contribution in [0.3, 0.4) is 0 Å². The van der Waals surface area contributed by atoms with Crippen molar-refractivity contribution in [3.8, 4) is 6.07 Å². The molecule has 2 amide bonds. The number of rotatable bonds is 3. The summed E-state index contributed by atoms with van der Waals surface area (Å²) in [4.78, 5) is 25.3. The maximum absolute atomic E-state index is 13.5. The van der Waals surface area contributed by atoms with E-state index in [0.717, 1.165) is 5.39 Å². The molecule has 0 spiro atoms. The first-order valence-corrected chi connectivity index (χ1v) is 7.91. The summed E-state index contributed by atoms with van der Waals surface area (Å²) in [5.74, 6) is -0.470. The van der Waals surface area contributed by atoms with Crippen LogP contribution in [0.1, 0.15) is 12.0 Å². The molecule has 0 bridgehead atoms. The summed E-state index contributed by atoms with van der Waals surface area (Å²) >= 11 is 0. The minimum absolute atomic E-state index is 0.00986. The highest BCUT2D eigenvalue weighted by atomic mass is 19.1. The topological polar surface area (TPSA) is 118 Å². The molecule has 130 valence electrons. The lowest BCUT2D eigenvalue weighted by atomic mass is 10.0. The molecule has 4 N–H and O–H groups in total. The van der Waals surface area contributed by atoms with Crippen molar-refractivity contribution in [2.24, 2.45) is 11.5 Å². The van der Waals surface area contributed by atoms with Crippen LogP contribution in [0.25, 0.3) is 10.9 Å². The number of likely N-dealkylation sites (tertiary alicyclic amines) is 1. The maximum Gasteiger partial charge on any atom is 0.323 e. The number of alkyl halides is 1. The zero-order valence-corrected chi connectivity index (χ0v) is 13.4. The minimum atomic E-state index is -1.21. The number of nitrogens with two attached hydrogens (primary N) is 2. The lowest BCUT2D eigenvalue weighted by molar-refractivity contribution is -0.132. The van der Waals surface area contributed by atoms with Gasteiger partial charge in [0.05, 0.1) is 24.2 Å². The molecular formula is C17H18FN5O2. The summed E-state index contributed by atoms with van der Waals surface area (Å²) in [6, 6.07) is 6.72. The summed E-state index contributed by atoms with van der Waals surface area (Å²) < 4.78 is 14.8. The highest BCUT2D eigenvalue weighted by Gasteiger charge is 2.37. The van der Waals surface area contributed by atoms with Gasteiger partial charge >= 0.3 is 6.03 Å². The highest BCUT2D eigenvalue weighted by molar-refractivity contribution is 5.93. The number of benzene rings is 1. The van der Waals surface area contributed by atoms with Gasteiger partial charge in [0.25, 0.3) is 0 Å². The Morgan fingerprint density at radius 1 is 1.40 bits per heavy atom. The van der Waals surface area contributed by atoms with Crippen molar-refractivity contribution < 1.29 is 14.0 Å². The van der Waals surface area contributed by atoms with Crippen LogP contribution in [-0.4, -0.2) is 46.2 Å². The molecule has 3 unspecified atom stereocenters. The van der Waals surface area contributed by atoms with Gasteiger partial charge in [0.15, 0.2) is 0 Å². The van der Waals surface area contributed by atoms with Crippen molar-refractivity contribution in [1.29, 1.82) is 5.26 Å². The fourth-order valence-corrected chi connectivity index (χ4v) is 3.28. The van der Waals surface area contributed by atoms with Crippen molar-refractivity contribution in [2.45, 2.75) is 31.1 Å². The molecule has 0 saturated carbocycles. The van der Waals surface area contributed by atoms with E-state index in [1.807, 2.05) is 18.2 Å². The third-order valence-electron chi connectivity index (χ3n) is 4.47. The second-order valence-corrected chi connectivity index (χ2v) is 6.16. The summed E-state index contributed by atoms with van der Waals surface area (Å²) in [6.07, 6.45) is 0.517. The van der Waals surface area contributed by atoms with Gasteiger partial charge in [-0.25, -0.2) is 9.18 Å². The first kappa shape index (κ1) is 16.9. The number of halogens is 1. The lowest BCUT2D eigenvalue weighted by Crippen LogP contribution is -2.46. The summed E-state index contributed by atoms with van der Waals surface area (Å²) in [5, 5.41) is 9.84. The first-order valence-electron chi connectivity index (χ1n) is 7.91. The summed E-state index contributed by atoms with van der Waals surface area (Å²) in [7, 11) is 0. The van der Waals surface area contributed by atoms with E-state index in [9.17, 15) is 14.0 Å². The predicted octanol–water partition coefficient (Wildman–Crippen LogP) is 0.900. The fraction of sp³-hybridized carbons (Fsp3) is 0.353. The third-order valence-corrected chi connectivity index (χ3v) is 4.47. The Labute approximate surface area is 143 Å². The van der Waals surface area contributed by atoms with Crippen molar-refractivity contribution in [3.05, 3.63) is 36.0 Å². The van der Waals surface area contributed by atoms with Crippen molar-refractivity contribution >= 4 is 22.8 Å². The van der Waals surface area contributed by atoms with Crippen LogP contribution in [0.15, 0.2) is 30.5 Å². The normalized spacial score (nSPS) is 21.2. The fourth-order valence-electron chi connectivity index (χ4n) is 3.28. The molecular weight excluding hydrogens is 325 g/mol. The number of hydrogen-bond donors (Lipinski definition) is 2. The van der Waals surface area contributed by atoms with E-state index in [1.165, 1.54) is 9.47 Å². The van der Waals surface area contributed by atoms with E-state index in [2.05, 4.69) is 0 Å². The van der Waals surface area contributed by atoms with Gasteiger partial charge in [0.2, 0.25) is 5.91 Å². The van der Waals surface area contributed by atoms with Gasteiger partial charge in [-0.2, -0.15) is 5.26 Å². The predicted molar refractivity (Wildman–Crippen MR) is 89.2 cm³/mol. The smallest absolute Gasteiger partial charge is 0.323 e. The van der Waals surface area contributed by atoms with E-state index in [-0.39, 0.29) is 19.4 Å². The number of hydrogen-bond acceptors (Lipinski definition) is 4. The van der Waals surface area contributed by atoms with Crippen molar-refractivity contribution in [1.82, 2.24) is 9.47 Å². The lowest BCUT2D eigenvalue weighted by Gasteiger charge is -2.23. The number of fused-ring (bicyclic) bond motifs is 1. The van der Waals surface area contributed by atoms with Gasteiger partial charge in [-0.15, -0.1) is 0 Å². The number of para-hydroxylation sites is 1. The van der Waals surface area contributed by atoms with E-state index < -0.39 is 30.2 Å². The Bertz CT molecular complexity index is 872. The molecule has 1 aliphatic rings. The molecule has 1 aromatic heterocycles. The van der Waals surface area contributed by atoms with Gasteiger partial charge in [-0.3, -0.25) is 9.36 Å². The zero-order valence-electron chi connectivity index (χ0n) is 13.4. The van der Waals surface area contributed by atoms with Crippen LogP contribution in [0.2, 0.25) is 0 Å². The molecule has 0 radical (unpaired) electrons. The van der Waals surface area contributed by atoms with Crippen LogP contribution in [0.4, 0.5) is 9.18 Å². The molecule has 3 rings (SSSR count). The monoisotopic (exact) mass is 343 g/mol.